The van der Waals surface area contributed by atoms with Crippen LogP contribution in [0.25, 0.3) is 0 Å². The van der Waals surface area contributed by atoms with Crippen LogP contribution in [-0.4, -0.2) is 18.1 Å². The zero-order valence-electron chi connectivity index (χ0n) is 15.3. The maximum Gasteiger partial charge on any atom is 0.239 e. The molecule has 1 atom stereocenters. The molecular formula is C23H21NO3. The summed E-state index contributed by atoms with van der Waals surface area (Å²) in [6.07, 6.45) is 10.9. The van der Waals surface area contributed by atoms with Gasteiger partial charge in [-0.15, -0.1) is 6.42 Å². The minimum absolute atomic E-state index is 0.0953. The van der Waals surface area contributed by atoms with E-state index in [-0.39, 0.29) is 11.7 Å². The van der Waals surface area contributed by atoms with Gasteiger partial charge < -0.3 is 15.2 Å². The van der Waals surface area contributed by atoms with E-state index >= 15 is 0 Å². The molecule has 27 heavy (non-hydrogen) atoms. The number of ether oxygens (including phenoxy) is 1. The fourth-order valence-corrected chi connectivity index (χ4v) is 3.49. The molecule has 0 spiro atoms. The van der Waals surface area contributed by atoms with Crippen molar-refractivity contribution in [2.24, 2.45) is 0 Å². The molecule has 0 bridgehead atoms. The Balaban J connectivity index is 2.12. The Morgan fingerprint density at radius 3 is 2.70 bits per heavy atom. The highest BCUT2D eigenvalue weighted by molar-refractivity contribution is 6.09. The number of anilines is 1. The van der Waals surface area contributed by atoms with Crippen molar-refractivity contribution in [3.8, 4) is 18.1 Å². The molecule has 0 aromatic heterocycles. The van der Waals surface area contributed by atoms with Gasteiger partial charge in [0, 0.05) is 11.8 Å². The third kappa shape index (κ3) is 3.20. The van der Waals surface area contributed by atoms with Crippen LogP contribution in [0.5, 0.6) is 5.75 Å². The monoisotopic (exact) mass is 359 g/mol. The predicted molar refractivity (Wildman–Crippen MR) is 106 cm³/mol. The molecule has 3 rings (SSSR count). The average Bonchev–Trinajstić information content (AvgIpc) is 2.96. The van der Waals surface area contributed by atoms with E-state index in [1.807, 2.05) is 31.2 Å². The summed E-state index contributed by atoms with van der Waals surface area (Å²) >= 11 is 0. The molecule has 2 aromatic rings. The van der Waals surface area contributed by atoms with Crippen molar-refractivity contribution in [1.82, 2.24) is 0 Å². The van der Waals surface area contributed by atoms with Crippen LogP contribution in [-0.2, 0) is 14.9 Å². The highest BCUT2D eigenvalue weighted by atomic mass is 16.5. The van der Waals surface area contributed by atoms with E-state index in [1.54, 1.807) is 37.5 Å². The van der Waals surface area contributed by atoms with Gasteiger partial charge in [0.15, 0.2) is 0 Å². The summed E-state index contributed by atoms with van der Waals surface area (Å²) in [4.78, 5) is 13.2. The fourth-order valence-electron chi connectivity index (χ4n) is 3.49. The Labute approximate surface area is 159 Å². The van der Waals surface area contributed by atoms with Crippen molar-refractivity contribution < 1.29 is 14.6 Å². The summed E-state index contributed by atoms with van der Waals surface area (Å²) in [5, 5.41) is 12.7. The SMILES string of the molecule is C#C/C=C(\C=C/C[C@@]1(c2ccc(O)cc2)C(=O)Nc2c(C)cccc21)OC. The molecule has 0 unspecified atom stereocenters. The minimum Gasteiger partial charge on any atom is -0.508 e. The first-order valence-electron chi connectivity index (χ1n) is 8.61. The quantitative estimate of drug-likeness (QED) is 0.481. The lowest BCUT2D eigenvalue weighted by molar-refractivity contribution is -0.119. The first kappa shape index (κ1) is 18.3. The number of carbonyl (C=O) groups is 1. The molecule has 0 saturated carbocycles. The van der Waals surface area contributed by atoms with Crippen molar-refractivity contribution in [1.29, 1.82) is 0 Å². The average molecular weight is 359 g/mol. The molecule has 2 N–H and O–H groups in total. The Morgan fingerprint density at radius 2 is 2.04 bits per heavy atom. The van der Waals surface area contributed by atoms with Gasteiger partial charge in [0.1, 0.15) is 16.9 Å². The molecule has 4 nitrogen and oxygen atoms in total. The Kier molecular flexibility index (Phi) is 5.05. The lowest BCUT2D eigenvalue weighted by Gasteiger charge is -2.27. The second kappa shape index (κ2) is 7.43. The summed E-state index contributed by atoms with van der Waals surface area (Å²) < 4.78 is 5.22. The van der Waals surface area contributed by atoms with Crippen LogP contribution in [0.4, 0.5) is 5.69 Å². The number of amides is 1. The van der Waals surface area contributed by atoms with Crippen LogP contribution < -0.4 is 5.32 Å². The number of methoxy groups -OCH3 is 1. The molecule has 0 aliphatic carbocycles. The van der Waals surface area contributed by atoms with Gasteiger partial charge in [0.05, 0.1) is 7.11 Å². The summed E-state index contributed by atoms with van der Waals surface area (Å²) in [5.74, 6) is 3.04. The molecule has 2 aromatic carbocycles. The number of hydrogen-bond acceptors (Lipinski definition) is 3. The number of phenols is 1. The first-order valence-corrected chi connectivity index (χ1v) is 8.61. The molecular weight excluding hydrogens is 338 g/mol. The summed E-state index contributed by atoms with van der Waals surface area (Å²) in [6, 6.07) is 12.7. The smallest absolute Gasteiger partial charge is 0.239 e. The van der Waals surface area contributed by atoms with Gasteiger partial charge in [-0.05, 0) is 48.2 Å². The van der Waals surface area contributed by atoms with Gasteiger partial charge in [-0.2, -0.15) is 0 Å². The molecule has 0 fully saturated rings. The standard InChI is InChI=1S/C23H21NO3/c1-4-7-19(27-3)9-6-15-23(17-11-13-18(25)14-12-17)20-10-5-8-16(2)21(20)24-22(23)26/h1,5-14,25H,15H2,2-3H3,(H,24,26)/b9-6-,19-7+/t23-/m0/s1. The predicted octanol–water partition coefficient (Wildman–Crippen LogP) is 4.05. The number of para-hydroxylation sites is 1. The van der Waals surface area contributed by atoms with Crippen molar-refractivity contribution in [2.75, 3.05) is 12.4 Å². The summed E-state index contributed by atoms with van der Waals surface area (Å²) in [5.41, 5.74) is 2.69. The number of aromatic hydroxyl groups is 1. The molecule has 136 valence electrons. The molecule has 1 amide bonds. The molecule has 1 aliphatic heterocycles. The van der Waals surface area contributed by atoms with Gasteiger partial charge in [0.2, 0.25) is 5.91 Å². The lowest BCUT2D eigenvalue weighted by Crippen LogP contribution is -2.35. The number of rotatable bonds is 5. The number of aryl methyl sites for hydroxylation is 1. The summed E-state index contributed by atoms with van der Waals surface area (Å²) in [7, 11) is 1.55. The summed E-state index contributed by atoms with van der Waals surface area (Å²) in [6.45, 7) is 1.97. The number of carbonyl (C=O) groups excluding carboxylic acids is 1. The third-order valence-electron chi connectivity index (χ3n) is 4.89. The van der Waals surface area contributed by atoms with Crippen molar-refractivity contribution in [2.45, 2.75) is 18.8 Å². The van der Waals surface area contributed by atoms with Gasteiger partial charge in [0.25, 0.3) is 0 Å². The second-order valence-corrected chi connectivity index (χ2v) is 6.43. The fraction of sp³-hybridized carbons (Fsp3) is 0.174. The van der Waals surface area contributed by atoms with E-state index in [1.165, 1.54) is 6.08 Å². The Hall–Kier alpha value is -3.45. The van der Waals surface area contributed by atoms with Crippen LogP contribution in [0.15, 0.2) is 66.5 Å². The van der Waals surface area contributed by atoms with Crippen LogP contribution in [0.1, 0.15) is 23.1 Å². The molecule has 0 saturated heterocycles. The topological polar surface area (TPSA) is 58.6 Å². The number of terminal acetylenes is 1. The molecule has 4 heteroatoms. The van der Waals surface area contributed by atoms with Crippen LogP contribution >= 0.6 is 0 Å². The molecule has 0 radical (unpaired) electrons. The third-order valence-corrected chi connectivity index (χ3v) is 4.89. The van der Waals surface area contributed by atoms with Gasteiger partial charge >= 0.3 is 0 Å². The molecule has 1 aliphatic rings. The number of phenolic OH excluding ortho intramolecular Hbond substituents is 1. The number of allylic oxidation sites excluding steroid dienone is 3. The highest BCUT2D eigenvalue weighted by Crippen LogP contribution is 2.47. The van der Waals surface area contributed by atoms with E-state index < -0.39 is 5.41 Å². The van der Waals surface area contributed by atoms with Crippen molar-refractivity contribution >= 4 is 11.6 Å². The normalized spacial score (nSPS) is 18.9. The van der Waals surface area contributed by atoms with Gasteiger partial charge in [-0.1, -0.05) is 42.3 Å². The van der Waals surface area contributed by atoms with Gasteiger partial charge in [-0.25, -0.2) is 0 Å². The second-order valence-electron chi connectivity index (χ2n) is 6.43. The zero-order chi connectivity index (χ0) is 19.4. The minimum atomic E-state index is -0.888. The number of hydrogen-bond donors (Lipinski definition) is 2. The van der Waals surface area contributed by atoms with Gasteiger partial charge in [-0.3, -0.25) is 4.79 Å². The maximum absolute atomic E-state index is 13.2. The lowest BCUT2D eigenvalue weighted by atomic mass is 9.72. The van der Waals surface area contributed by atoms with Crippen LogP contribution in [0.2, 0.25) is 0 Å². The number of nitrogens with one attached hydrogen (secondary N) is 1. The Bertz CT molecular complexity index is 964. The van der Waals surface area contributed by atoms with Crippen molar-refractivity contribution in [3.05, 3.63) is 83.1 Å². The molecule has 1 heterocycles. The number of benzene rings is 2. The van der Waals surface area contributed by atoms with E-state index in [4.69, 9.17) is 11.2 Å². The van der Waals surface area contributed by atoms with E-state index in [9.17, 15) is 9.90 Å². The van der Waals surface area contributed by atoms with E-state index in [2.05, 4.69) is 11.2 Å². The Morgan fingerprint density at radius 1 is 1.30 bits per heavy atom. The van der Waals surface area contributed by atoms with E-state index in [0.29, 0.717) is 12.2 Å². The van der Waals surface area contributed by atoms with Crippen LogP contribution in [0, 0.1) is 19.3 Å². The largest absolute Gasteiger partial charge is 0.508 e. The maximum atomic E-state index is 13.2. The van der Waals surface area contributed by atoms with E-state index in [0.717, 1.165) is 22.4 Å². The van der Waals surface area contributed by atoms with Crippen molar-refractivity contribution in [3.63, 3.8) is 0 Å². The van der Waals surface area contributed by atoms with Crippen LogP contribution in [0.3, 0.4) is 0 Å². The first-order chi connectivity index (χ1) is 13.0. The number of fused-ring (bicyclic) bond motifs is 1. The highest BCUT2D eigenvalue weighted by Gasteiger charge is 2.47. The zero-order valence-corrected chi connectivity index (χ0v) is 15.3.